The zero-order valence-electron chi connectivity index (χ0n) is 13.3. The average molecular weight is 312 g/mol. The lowest BCUT2D eigenvalue weighted by molar-refractivity contribution is -0.116. The minimum atomic E-state index is -0.0775. The zero-order valence-corrected chi connectivity index (χ0v) is 13.3. The summed E-state index contributed by atoms with van der Waals surface area (Å²) in [5, 5.41) is 2.86. The molecule has 120 valence electrons. The molecule has 1 atom stereocenters. The molecule has 1 aliphatic rings. The fourth-order valence-corrected chi connectivity index (χ4v) is 2.79. The predicted octanol–water partition coefficient (Wildman–Crippen LogP) is 3.44. The summed E-state index contributed by atoms with van der Waals surface area (Å²) in [6.45, 7) is 4.28. The summed E-state index contributed by atoms with van der Waals surface area (Å²) in [4.78, 5) is 12.3. The van der Waals surface area contributed by atoms with Gasteiger partial charge < -0.3 is 20.5 Å². The molecule has 0 bridgehead atoms. The van der Waals surface area contributed by atoms with Gasteiger partial charge in [0, 0.05) is 18.6 Å². The third-order valence-electron chi connectivity index (χ3n) is 4.03. The van der Waals surface area contributed by atoms with Gasteiger partial charge in [-0.1, -0.05) is 31.2 Å². The molecule has 0 fully saturated rings. The molecule has 3 rings (SSSR count). The number of fused-ring (bicyclic) bond motifs is 1. The van der Waals surface area contributed by atoms with Crippen LogP contribution in [0.2, 0.25) is 0 Å². The summed E-state index contributed by atoms with van der Waals surface area (Å²) in [6.07, 6.45) is 0.388. The normalized spacial score (nSPS) is 13.7. The molecule has 0 radical (unpaired) electrons. The number of carbonyl (C=O) groups excluding carboxylic acids is 1. The Morgan fingerprint density at radius 3 is 2.70 bits per heavy atom. The van der Waals surface area contributed by atoms with Crippen molar-refractivity contribution >= 4 is 17.3 Å². The van der Waals surface area contributed by atoms with Gasteiger partial charge in [-0.15, -0.1) is 0 Å². The maximum atomic E-state index is 12.3. The fourth-order valence-electron chi connectivity index (χ4n) is 2.79. The van der Waals surface area contributed by atoms with Crippen LogP contribution in [0.15, 0.2) is 36.4 Å². The van der Waals surface area contributed by atoms with Crippen molar-refractivity contribution in [2.45, 2.75) is 26.2 Å². The number of nitrogens with two attached hydrogens (primary N) is 1. The summed E-state index contributed by atoms with van der Waals surface area (Å²) in [7, 11) is 0. The van der Waals surface area contributed by atoms with E-state index in [1.54, 1.807) is 12.1 Å². The van der Waals surface area contributed by atoms with Gasteiger partial charge in [0.1, 0.15) is 0 Å². The molecule has 2 aromatic carbocycles. The maximum absolute atomic E-state index is 12.3. The Morgan fingerprint density at radius 1 is 1.26 bits per heavy atom. The number of carbonyl (C=O) groups is 1. The van der Waals surface area contributed by atoms with E-state index in [1.165, 1.54) is 11.1 Å². The average Bonchev–Trinajstić information content (AvgIpc) is 2.94. The molecular formula is C18H20N2O3. The van der Waals surface area contributed by atoms with E-state index >= 15 is 0 Å². The number of nitrogens with one attached hydrogen (secondary N) is 1. The lowest BCUT2D eigenvalue weighted by Gasteiger charge is -2.15. The number of ether oxygens (including phenoxy) is 2. The van der Waals surface area contributed by atoms with Crippen LogP contribution in [-0.2, 0) is 4.79 Å². The minimum Gasteiger partial charge on any atom is -0.454 e. The third kappa shape index (κ3) is 3.23. The Balaban J connectivity index is 1.69. The predicted molar refractivity (Wildman–Crippen MR) is 89.8 cm³/mol. The van der Waals surface area contributed by atoms with E-state index in [0.29, 0.717) is 29.3 Å². The van der Waals surface area contributed by atoms with Crippen molar-refractivity contribution < 1.29 is 14.3 Å². The Labute approximate surface area is 135 Å². The highest BCUT2D eigenvalue weighted by atomic mass is 16.7. The fraction of sp³-hybridized carbons (Fsp3) is 0.278. The van der Waals surface area contributed by atoms with Gasteiger partial charge in [-0.05, 0) is 24.0 Å². The van der Waals surface area contributed by atoms with E-state index in [9.17, 15) is 4.79 Å². The van der Waals surface area contributed by atoms with E-state index < -0.39 is 0 Å². The Bertz CT molecular complexity index is 743. The first kappa shape index (κ1) is 15.2. The molecule has 5 heteroatoms. The van der Waals surface area contributed by atoms with Crippen molar-refractivity contribution in [3.05, 3.63) is 47.5 Å². The number of hydrogen-bond donors (Lipinski definition) is 2. The molecule has 1 unspecified atom stereocenters. The van der Waals surface area contributed by atoms with Gasteiger partial charge in [0.15, 0.2) is 11.5 Å². The minimum absolute atomic E-state index is 0.0775. The summed E-state index contributed by atoms with van der Waals surface area (Å²) in [6, 6.07) is 11.5. The van der Waals surface area contributed by atoms with Crippen molar-refractivity contribution in [2.75, 3.05) is 17.8 Å². The molecule has 1 heterocycles. The molecule has 0 aliphatic carbocycles. The molecular weight excluding hydrogens is 292 g/mol. The topological polar surface area (TPSA) is 73.6 Å². The molecule has 3 N–H and O–H groups in total. The first-order chi connectivity index (χ1) is 11.0. The second-order valence-corrected chi connectivity index (χ2v) is 5.80. The van der Waals surface area contributed by atoms with E-state index in [4.69, 9.17) is 15.2 Å². The summed E-state index contributed by atoms with van der Waals surface area (Å²) < 4.78 is 10.6. The lowest BCUT2D eigenvalue weighted by atomic mass is 9.93. The first-order valence-corrected chi connectivity index (χ1v) is 7.59. The lowest BCUT2D eigenvalue weighted by Crippen LogP contribution is -2.15. The van der Waals surface area contributed by atoms with Crippen LogP contribution in [0.3, 0.4) is 0 Å². The van der Waals surface area contributed by atoms with Crippen LogP contribution < -0.4 is 20.5 Å². The van der Waals surface area contributed by atoms with E-state index in [0.717, 1.165) is 0 Å². The smallest absolute Gasteiger partial charge is 0.231 e. The number of rotatable bonds is 4. The number of benzene rings is 2. The third-order valence-corrected chi connectivity index (χ3v) is 4.03. The van der Waals surface area contributed by atoms with Gasteiger partial charge in [0.05, 0.1) is 11.4 Å². The van der Waals surface area contributed by atoms with Gasteiger partial charge in [-0.2, -0.15) is 0 Å². The quantitative estimate of drug-likeness (QED) is 0.848. The second-order valence-electron chi connectivity index (χ2n) is 5.80. The Hall–Kier alpha value is -2.69. The molecule has 1 aliphatic heterocycles. The van der Waals surface area contributed by atoms with Crippen LogP contribution in [0.5, 0.6) is 11.5 Å². The van der Waals surface area contributed by atoms with Crippen LogP contribution in [0, 0.1) is 6.92 Å². The molecule has 1 amide bonds. The maximum Gasteiger partial charge on any atom is 0.231 e. The van der Waals surface area contributed by atoms with Crippen molar-refractivity contribution in [1.82, 2.24) is 0 Å². The van der Waals surface area contributed by atoms with Gasteiger partial charge in [-0.25, -0.2) is 0 Å². The Kier molecular flexibility index (Phi) is 4.10. The van der Waals surface area contributed by atoms with E-state index in [-0.39, 0.29) is 18.6 Å². The van der Waals surface area contributed by atoms with Gasteiger partial charge >= 0.3 is 0 Å². The van der Waals surface area contributed by atoms with Crippen LogP contribution in [-0.4, -0.2) is 12.7 Å². The molecule has 0 aromatic heterocycles. The number of amides is 1. The SMILES string of the molecule is Cc1ccccc1C(C)CC(=O)Nc1cc2c(cc1N)OCO2. The zero-order chi connectivity index (χ0) is 16.4. The van der Waals surface area contributed by atoms with Crippen molar-refractivity contribution in [3.63, 3.8) is 0 Å². The van der Waals surface area contributed by atoms with Crippen LogP contribution in [0.1, 0.15) is 30.4 Å². The summed E-state index contributed by atoms with van der Waals surface area (Å²) >= 11 is 0. The van der Waals surface area contributed by atoms with Crippen molar-refractivity contribution in [1.29, 1.82) is 0 Å². The monoisotopic (exact) mass is 312 g/mol. The number of nitrogen functional groups attached to an aromatic ring is 1. The molecule has 5 nitrogen and oxygen atoms in total. The van der Waals surface area contributed by atoms with E-state index in [1.807, 2.05) is 19.1 Å². The van der Waals surface area contributed by atoms with Crippen LogP contribution >= 0.6 is 0 Å². The molecule has 23 heavy (non-hydrogen) atoms. The number of hydrogen-bond acceptors (Lipinski definition) is 4. The number of aryl methyl sites for hydroxylation is 1. The van der Waals surface area contributed by atoms with Gasteiger partial charge in [-0.3, -0.25) is 4.79 Å². The van der Waals surface area contributed by atoms with Crippen molar-refractivity contribution in [2.24, 2.45) is 0 Å². The highest BCUT2D eigenvalue weighted by Crippen LogP contribution is 2.38. The summed E-state index contributed by atoms with van der Waals surface area (Å²) in [5.41, 5.74) is 9.35. The first-order valence-electron chi connectivity index (χ1n) is 7.59. The molecule has 2 aromatic rings. The van der Waals surface area contributed by atoms with Gasteiger partial charge in [0.25, 0.3) is 0 Å². The standard InChI is InChI=1S/C18H20N2O3/c1-11-5-3-4-6-13(11)12(2)7-18(21)20-15-9-17-16(8-14(15)19)22-10-23-17/h3-6,8-9,12H,7,10,19H2,1-2H3,(H,20,21). The van der Waals surface area contributed by atoms with E-state index in [2.05, 4.69) is 24.4 Å². The number of anilines is 2. The highest BCUT2D eigenvalue weighted by Gasteiger charge is 2.18. The van der Waals surface area contributed by atoms with Gasteiger partial charge in [0.2, 0.25) is 12.7 Å². The Morgan fingerprint density at radius 2 is 1.96 bits per heavy atom. The largest absolute Gasteiger partial charge is 0.454 e. The highest BCUT2D eigenvalue weighted by molar-refractivity contribution is 5.95. The molecule has 0 spiro atoms. The van der Waals surface area contributed by atoms with Crippen LogP contribution in [0.25, 0.3) is 0 Å². The molecule has 0 saturated heterocycles. The van der Waals surface area contributed by atoms with Crippen molar-refractivity contribution in [3.8, 4) is 11.5 Å². The second kappa shape index (κ2) is 6.20. The summed E-state index contributed by atoms with van der Waals surface area (Å²) in [5.74, 6) is 1.26. The van der Waals surface area contributed by atoms with Crippen LogP contribution in [0.4, 0.5) is 11.4 Å². The molecule has 0 saturated carbocycles.